The average Bonchev–Trinajstić information content (AvgIpc) is 2.33. The standard InChI is InChI=1S/C7H12/c1-5-2-3-6-4-7(5)6/h5-7H,2-4H2,1H3/t5?,6-,7?/m0/s1. The highest BCUT2D eigenvalue weighted by Crippen LogP contribution is 2.54. The van der Waals surface area contributed by atoms with Gasteiger partial charge in [-0.25, -0.2) is 0 Å². The number of hydrogen-bond acceptors (Lipinski definition) is 0. The van der Waals surface area contributed by atoms with Gasteiger partial charge >= 0.3 is 0 Å². The van der Waals surface area contributed by atoms with Gasteiger partial charge in [-0.15, -0.1) is 0 Å². The van der Waals surface area contributed by atoms with Gasteiger partial charge in [0.15, 0.2) is 0 Å². The maximum Gasteiger partial charge on any atom is -0.0357 e. The summed E-state index contributed by atoms with van der Waals surface area (Å²) in [6, 6.07) is 0. The fourth-order valence-corrected chi connectivity index (χ4v) is 1.99. The summed E-state index contributed by atoms with van der Waals surface area (Å²) in [5.41, 5.74) is 0. The third-order valence-electron chi connectivity index (χ3n) is 2.70. The molecular weight excluding hydrogens is 84.1 g/mol. The SMILES string of the molecule is CC1CC[C@H]2CC12. The molecule has 2 aliphatic rings. The van der Waals surface area contributed by atoms with Gasteiger partial charge in [-0.2, -0.15) is 0 Å². The second-order valence-electron chi connectivity index (χ2n) is 3.21. The lowest BCUT2D eigenvalue weighted by Gasteiger charge is -1.98. The van der Waals surface area contributed by atoms with Crippen molar-refractivity contribution in [2.24, 2.45) is 17.8 Å². The van der Waals surface area contributed by atoms with Gasteiger partial charge in [0.05, 0.1) is 0 Å². The minimum Gasteiger partial charge on any atom is -0.0622 e. The van der Waals surface area contributed by atoms with Crippen LogP contribution in [0, 0.1) is 17.8 Å². The van der Waals surface area contributed by atoms with E-state index >= 15 is 0 Å². The van der Waals surface area contributed by atoms with Gasteiger partial charge in [-0.3, -0.25) is 0 Å². The van der Waals surface area contributed by atoms with Crippen LogP contribution < -0.4 is 0 Å². The van der Waals surface area contributed by atoms with E-state index in [1.54, 1.807) is 12.8 Å². The van der Waals surface area contributed by atoms with E-state index < -0.39 is 0 Å². The summed E-state index contributed by atoms with van der Waals surface area (Å²) in [6.45, 7) is 2.40. The molecule has 0 radical (unpaired) electrons. The van der Waals surface area contributed by atoms with Crippen LogP contribution in [0.25, 0.3) is 0 Å². The van der Waals surface area contributed by atoms with Crippen LogP contribution in [0.1, 0.15) is 26.2 Å². The molecule has 0 spiro atoms. The summed E-state index contributed by atoms with van der Waals surface area (Å²) in [4.78, 5) is 0. The Morgan fingerprint density at radius 2 is 2.14 bits per heavy atom. The summed E-state index contributed by atoms with van der Waals surface area (Å²) in [5, 5.41) is 0. The quantitative estimate of drug-likeness (QED) is 0.433. The first kappa shape index (κ1) is 3.94. The van der Waals surface area contributed by atoms with E-state index in [-0.39, 0.29) is 0 Å². The van der Waals surface area contributed by atoms with Crippen LogP contribution in [-0.4, -0.2) is 0 Å². The van der Waals surface area contributed by atoms with Crippen LogP contribution in [0.2, 0.25) is 0 Å². The molecule has 2 fully saturated rings. The maximum atomic E-state index is 2.40. The van der Waals surface area contributed by atoms with Gasteiger partial charge in [0, 0.05) is 0 Å². The lowest BCUT2D eigenvalue weighted by Crippen LogP contribution is -1.88. The first-order valence-corrected chi connectivity index (χ1v) is 3.38. The van der Waals surface area contributed by atoms with E-state index in [0.717, 1.165) is 5.92 Å². The van der Waals surface area contributed by atoms with Crippen molar-refractivity contribution in [1.29, 1.82) is 0 Å². The summed E-state index contributed by atoms with van der Waals surface area (Å²) >= 11 is 0. The Morgan fingerprint density at radius 3 is 2.29 bits per heavy atom. The first-order chi connectivity index (χ1) is 3.38. The molecule has 2 saturated carbocycles. The molecule has 2 aliphatic carbocycles. The second kappa shape index (κ2) is 1.04. The lowest BCUT2D eigenvalue weighted by molar-refractivity contribution is 0.530. The summed E-state index contributed by atoms with van der Waals surface area (Å²) < 4.78 is 0. The zero-order chi connectivity index (χ0) is 4.85. The molecule has 0 aromatic carbocycles. The van der Waals surface area contributed by atoms with Crippen molar-refractivity contribution >= 4 is 0 Å². The minimum atomic E-state index is 1.09. The highest BCUT2D eigenvalue weighted by molar-refractivity contribution is 4.95. The third-order valence-corrected chi connectivity index (χ3v) is 2.70. The highest BCUT2D eigenvalue weighted by Gasteiger charge is 2.45. The Labute approximate surface area is 44.9 Å². The van der Waals surface area contributed by atoms with Crippen molar-refractivity contribution in [3.8, 4) is 0 Å². The van der Waals surface area contributed by atoms with Crippen LogP contribution in [0.5, 0.6) is 0 Å². The average molecular weight is 96.2 g/mol. The van der Waals surface area contributed by atoms with Crippen molar-refractivity contribution in [3.63, 3.8) is 0 Å². The number of fused-ring (bicyclic) bond motifs is 1. The van der Waals surface area contributed by atoms with Crippen LogP contribution in [0.15, 0.2) is 0 Å². The fourth-order valence-electron chi connectivity index (χ4n) is 1.99. The molecule has 0 bridgehead atoms. The number of rotatable bonds is 0. The van der Waals surface area contributed by atoms with Gasteiger partial charge in [-0.1, -0.05) is 13.3 Å². The maximum absolute atomic E-state index is 2.40. The molecule has 7 heavy (non-hydrogen) atoms. The van der Waals surface area contributed by atoms with Crippen molar-refractivity contribution < 1.29 is 0 Å². The topological polar surface area (TPSA) is 0 Å². The van der Waals surface area contributed by atoms with Crippen molar-refractivity contribution in [2.45, 2.75) is 26.2 Å². The summed E-state index contributed by atoms with van der Waals surface area (Å²) in [5.74, 6) is 3.46. The summed E-state index contributed by atoms with van der Waals surface area (Å²) in [6.07, 6.45) is 4.64. The molecule has 0 amide bonds. The molecule has 0 N–H and O–H groups in total. The zero-order valence-electron chi connectivity index (χ0n) is 4.85. The van der Waals surface area contributed by atoms with Crippen LogP contribution in [-0.2, 0) is 0 Å². The Hall–Kier alpha value is 0. The lowest BCUT2D eigenvalue weighted by atomic mass is 10.1. The minimum absolute atomic E-state index is 1.09. The zero-order valence-corrected chi connectivity index (χ0v) is 4.85. The van der Waals surface area contributed by atoms with E-state index in [0.29, 0.717) is 0 Å². The van der Waals surface area contributed by atoms with Crippen LogP contribution >= 0.6 is 0 Å². The molecule has 0 aliphatic heterocycles. The summed E-state index contributed by atoms with van der Waals surface area (Å²) in [7, 11) is 0. The van der Waals surface area contributed by atoms with E-state index in [1.165, 1.54) is 18.3 Å². The molecule has 0 aromatic heterocycles. The Bertz CT molecular complexity index is 86.0. The second-order valence-corrected chi connectivity index (χ2v) is 3.21. The van der Waals surface area contributed by atoms with E-state index in [2.05, 4.69) is 6.92 Å². The number of hydrogen-bond donors (Lipinski definition) is 0. The monoisotopic (exact) mass is 96.1 g/mol. The van der Waals surface area contributed by atoms with Gasteiger partial charge in [0.2, 0.25) is 0 Å². The van der Waals surface area contributed by atoms with Crippen LogP contribution in [0.3, 0.4) is 0 Å². The molecule has 2 unspecified atom stereocenters. The van der Waals surface area contributed by atoms with Gasteiger partial charge in [0.1, 0.15) is 0 Å². The molecule has 3 atom stereocenters. The largest absolute Gasteiger partial charge is 0.0622 e. The fraction of sp³-hybridized carbons (Fsp3) is 1.00. The molecule has 0 aromatic rings. The molecule has 0 saturated heterocycles. The molecule has 0 heterocycles. The predicted molar refractivity (Wildman–Crippen MR) is 30.0 cm³/mol. The predicted octanol–water partition coefficient (Wildman–Crippen LogP) is 2.05. The van der Waals surface area contributed by atoms with Crippen molar-refractivity contribution in [3.05, 3.63) is 0 Å². The third kappa shape index (κ3) is 0.427. The van der Waals surface area contributed by atoms with Crippen molar-refractivity contribution in [1.82, 2.24) is 0 Å². The normalized spacial score (nSPS) is 57.0. The van der Waals surface area contributed by atoms with Crippen LogP contribution in [0.4, 0.5) is 0 Å². The molecular formula is C7H12. The molecule has 2 rings (SSSR count). The highest BCUT2D eigenvalue weighted by atomic mass is 14.5. The van der Waals surface area contributed by atoms with Crippen molar-refractivity contribution in [2.75, 3.05) is 0 Å². The first-order valence-electron chi connectivity index (χ1n) is 3.38. The van der Waals surface area contributed by atoms with Gasteiger partial charge in [-0.05, 0) is 30.6 Å². The Kier molecular flexibility index (Phi) is 0.586. The van der Waals surface area contributed by atoms with Gasteiger partial charge < -0.3 is 0 Å². The van der Waals surface area contributed by atoms with Gasteiger partial charge in [0.25, 0.3) is 0 Å². The van der Waals surface area contributed by atoms with E-state index in [4.69, 9.17) is 0 Å². The Morgan fingerprint density at radius 1 is 1.29 bits per heavy atom. The molecule has 40 valence electrons. The smallest absolute Gasteiger partial charge is 0.0357 e. The van der Waals surface area contributed by atoms with E-state index in [9.17, 15) is 0 Å². The van der Waals surface area contributed by atoms with E-state index in [1.807, 2.05) is 0 Å². The molecule has 0 heteroatoms. The molecule has 0 nitrogen and oxygen atoms in total. The Balaban J connectivity index is 2.08.